The monoisotopic (exact) mass is 351 g/mol. The summed E-state index contributed by atoms with van der Waals surface area (Å²) in [6, 6.07) is 7.72. The summed E-state index contributed by atoms with van der Waals surface area (Å²) in [5, 5.41) is 5.89. The molecule has 0 aliphatic carbocycles. The van der Waals surface area contributed by atoms with Gasteiger partial charge in [0.25, 0.3) is 0 Å². The highest BCUT2D eigenvalue weighted by atomic mass is 16.1. The highest BCUT2D eigenvalue weighted by molar-refractivity contribution is 5.89. The van der Waals surface area contributed by atoms with Gasteiger partial charge in [-0.25, -0.2) is 0 Å². The lowest BCUT2D eigenvalue weighted by Crippen LogP contribution is -2.37. The molecule has 5 nitrogen and oxygen atoms in total. The van der Waals surface area contributed by atoms with Gasteiger partial charge < -0.3 is 0 Å². The van der Waals surface area contributed by atoms with Gasteiger partial charge in [-0.3, -0.25) is 19.4 Å². The third-order valence-electron chi connectivity index (χ3n) is 5.20. The largest absolute Gasteiger partial charge is 0.298 e. The summed E-state index contributed by atoms with van der Waals surface area (Å²) >= 11 is 0. The fourth-order valence-electron chi connectivity index (χ4n) is 3.59. The van der Waals surface area contributed by atoms with Gasteiger partial charge in [0.15, 0.2) is 5.78 Å². The van der Waals surface area contributed by atoms with E-state index in [4.69, 9.17) is 4.11 Å². The molecule has 1 saturated heterocycles. The van der Waals surface area contributed by atoms with Gasteiger partial charge in [-0.1, -0.05) is 12.1 Å². The normalized spacial score (nSPS) is 18.4. The molecule has 1 atom stereocenters. The number of likely N-dealkylation sites (tertiary alicyclic amines) is 1. The predicted molar refractivity (Wildman–Crippen MR) is 103 cm³/mol. The molecule has 4 rings (SSSR count). The number of ketones is 1. The Balaban J connectivity index is 1.56. The number of aromatic nitrogens is 3. The zero-order chi connectivity index (χ0) is 20.6. The molecule has 0 amide bonds. The quantitative estimate of drug-likeness (QED) is 0.708. The number of pyridine rings is 1. The van der Waals surface area contributed by atoms with E-state index in [-0.39, 0.29) is 11.8 Å². The summed E-state index contributed by atoms with van der Waals surface area (Å²) < 4.78 is 23.4. The second-order valence-corrected chi connectivity index (χ2v) is 6.97. The maximum absolute atomic E-state index is 12.7. The van der Waals surface area contributed by atoms with Crippen molar-refractivity contribution in [1.29, 1.82) is 0 Å². The maximum atomic E-state index is 12.7. The summed E-state index contributed by atoms with van der Waals surface area (Å²) in [5.41, 5.74) is 2.37. The average Bonchev–Trinajstić information content (AvgIpc) is 3.38. The van der Waals surface area contributed by atoms with E-state index >= 15 is 0 Å². The molecular weight excluding hydrogens is 324 g/mol. The zero-order valence-electron chi connectivity index (χ0n) is 17.9. The molecule has 3 aromatic rings. The number of rotatable bonds is 5. The summed E-state index contributed by atoms with van der Waals surface area (Å²) in [5.74, 6) is 0.189. The van der Waals surface area contributed by atoms with Gasteiger partial charge in [0, 0.05) is 40.1 Å². The van der Waals surface area contributed by atoms with E-state index in [1.54, 1.807) is 12.4 Å². The van der Waals surface area contributed by atoms with Gasteiger partial charge in [0.05, 0.1) is 18.7 Å². The van der Waals surface area contributed by atoms with Crippen LogP contribution in [0.25, 0.3) is 21.9 Å². The minimum atomic E-state index is -2.29. The van der Waals surface area contributed by atoms with Crippen molar-refractivity contribution in [3.8, 4) is 11.1 Å². The molecule has 134 valence electrons. The maximum Gasteiger partial charge on any atom is 0.155 e. The third kappa shape index (κ3) is 3.40. The lowest BCUT2D eigenvalue weighted by atomic mass is 10.0. The molecule has 0 bridgehead atoms. The third-order valence-corrected chi connectivity index (χ3v) is 5.20. The van der Waals surface area contributed by atoms with Gasteiger partial charge in [0.2, 0.25) is 0 Å². The molecule has 1 aliphatic rings. The Morgan fingerprint density at radius 1 is 1.19 bits per heavy atom. The first kappa shape index (κ1) is 13.6. The topological polar surface area (TPSA) is 51.0 Å². The standard InChI is InChI=1S/C21H24N4O/c1-15(25-7-3-4-8-25)21(26)11-20-10-18-9-16(5-6-17(18)12-22-20)19-13-23-24(2)14-19/h5-6,9-10,12-15H,3-4,7-8,11H2,1-2H3/t15-/m0/s1/i2D3. The Morgan fingerprint density at radius 3 is 2.81 bits per heavy atom. The van der Waals surface area contributed by atoms with E-state index in [1.807, 2.05) is 31.2 Å². The van der Waals surface area contributed by atoms with Crippen molar-refractivity contribution in [2.24, 2.45) is 6.98 Å². The number of hydrogen-bond acceptors (Lipinski definition) is 4. The Bertz CT molecular complexity index is 1040. The summed E-state index contributed by atoms with van der Waals surface area (Å²) in [7, 11) is 0. The molecular formula is C21H24N4O. The fraction of sp³-hybridized carbons (Fsp3) is 0.381. The van der Waals surface area contributed by atoms with Crippen LogP contribution >= 0.6 is 0 Å². The number of benzene rings is 1. The molecule has 0 saturated carbocycles. The van der Waals surface area contributed by atoms with E-state index in [2.05, 4.69) is 15.0 Å². The Morgan fingerprint density at radius 2 is 2.04 bits per heavy atom. The van der Waals surface area contributed by atoms with E-state index in [1.165, 1.54) is 6.20 Å². The summed E-state index contributed by atoms with van der Waals surface area (Å²) in [4.78, 5) is 19.4. The molecule has 3 heterocycles. The molecule has 1 aliphatic heterocycles. The van der Waals surface area contributed by atoms with E-state index in [9.17, 15) is 4.79 Å². The first-order valence-corrected chi connectivity index (χ1v) is 9.02. The van der Waals surface area contributed by atoms with Crippen LogP contribution in [0, 0.1) is 0 Å². The van der Waals surface area contributed by atoms with Crippen LogP contribution in [0.2, 0.25) is 0 Å². The lowest BCUT2D eigenvalue weighted by Gasteiger charge is -2.22. The van der Waals surface area contributed by atoms with Crippen molar-refractivity contribution in [1.82, 2.24) is 19.7 Å². The Kier molecular flexibility index (Phi) is 3.67. The number of fused-ring (bicyclic) bond motifs is 1. The summed E-state index contributed by atoms with van der Waals surface area (Å²) in [6.07, 6.45) is 7.50. The highest BCUT2D eigenvalue weighted by Crippen LogP contribution is 2.24. The second-order valence-electron chi connectivity index (χ2n) is 6.97. The smallest absolute Gasteiger partial charge is 0.155 e. The predicted octanol–water partition coefficient (Wildman–Crippen LogP) is 3.23. The first-order valence-electron chi connectivity index (χ1n) is 10.5. The highest BCUT2D eigenvalue weighted by Gasteiger charge is 2.24. The number of carbonyl (C=O) groups excluding carboxylic acids is 1. The lowest BCUT2D eigenvalue weighted by molar-refractivity contribution is -0.122. The number of hydrogen-bond donors (Lipinski definition) is 0. The van der Waals surface area contributed by atoms with Crippen molar-refractivity contribution in [3.63, 3.8) is 0 Å². The molecule has 2 aromatic heterocycles. The molecule has 26 heavy (non-hydrogen) atoms. The molecule has 0 radical (unpaired) electrons. The van der Waals surface area contributed by atoms with Gasteiger partial charge >= 0.3 is 0 Å². The number of nitrogens with zero attached hydrogens (tertiary/aromatic N) is 4. The van der Waals surface area contributed by atoms with E-state index in [0.29, 0.717) is 6.42 Å². The van der Waals surface area contributed by atoms with Crippen LogP contribution in [-0.2, 0) is 18.2 Å². The molecule has 0 unspecified atom stereocenters. The minimum Gasteiger partial charge on any atom is -0.298 e. The number of carbonyl (C=O) groups is 1. The van der Waals surface area contributed by atoms with Crippen LogP contribution < -0.4 is 0 Å². The molecule has 1 aromatic carbocycles. The van der Waals surface area contributed by atoms with E-state index < -0.39 is 6.98 Å². The van der Waals surface area contributed by atoms with Crippen LogP contribution in [0.1, 0.15) is 29.6 Å². The van der Waals surface area contributed by atoms with Crippen LogP contribution in [0.3, 0.4) is 0 Å². The van der Waals surface area contributed by atoms with Gasteiger partial charge in [-0.2, -0.15) is 5.10 Å². The van der Waals surface area contributed by atoms with Crippen LogP contribution in [-0.4, -0.2) is 44.6 Å². The number of aryl methyl sites for hydroxylation is 1. The Labute approximate surface area is 157 Å². The van der Waals surface area contributed by atoms with Crippen LogP contribution in [0.5, 0.6) is 0 Å². The molecule has 5 heteroatoms. The van der Waals surface area contributed by atoms with Crippen molar-refractivity contribution >= 4 is 16.6 Å². The average molecular weight is 351 g/mol. The van der Waals surface area contributed by atoms with Crippen molar-refractivity contribution in [3.05, 3.63) is 48.5 Å². The zero-order valence-corrected chi connectivity index (χ0v) is 14.9. The number of Topliss-reactive ketones (excluding diaryl/α,β-unsaturated/α-hetero) is 1. The fourth-order valence-corrected chi connectivity index (χ4v) is 3.59. The van der Waals surface area contributed by atoms with Crippen LogP contribution in [0.15, 0.2) is 42.9 Å². The van der Waals surface area contributed by atoms with Gasteiger partial charge in [-0.05, 0) is 55.9 Å². The van der Waals surface area contributed by atoms with E-state index in [0.717, 1.165) is 58.2 Å². The SMILES string of the molecule is [2H]C([2H])([2H])n1cc(-c2ccc3cnc(CC(=O)[C@H](C)N4CCCC4)cc3c2)cn1. The Hall–Kier alpha value is -2.53. The van der Waals surface area contributed by atoms with Crippen LogP contribution in [0.4, 0.5) is 0 Å². The minimum absolute atomic E-state index is 0.0768. The first-order chi connectivity index (χ1) is 13.8. The van der Waals surface area contributed by atoms with Crippen molar-refractivity contribution < 1.29 is 8.91 Å². The molecule has 1 fully saturated rings. The second kappa shape index (κ2) is 7.00. The molecule has 0 spiro atoms. The van der Waals surface area contributed by atoms with Crippen molar-refractivity contribution in [2.45, 2.75) is 32.2 Å². The van der Waals surface area contributed by atoms with Gasteiger partial charge in [0.1, 0.15) is 0 Å². The molecule has 0 N–H and O–H groups in total. The van der Waals surface area contributed by atoms with Crippen molar-refractivity contribution in [2.75, 3.05) is 13.1 Å². The summed E-state index contributed by atoms with van der Waals surface area (Å²) in [6.45, 7) is 1.67. The van der Waals surface area contributed by atoms with Gasteiger partial charge in [-0.15, -0.1) is 0 Å².